The molecule has 1 heterocycles. The monoisotopic (exact) mass is 471 g/mol. The minimum Gasteiger partial charge on any atom is -0.394 e. The Bertz CT molecular complexity index is 644. The van der Waals surface area contributed by atoms with Crippen molar-refractivity contribution in [2.75, 3.05) is 23.4 Å². The summed E-state index contributed by atoms with van der Waals surface area (Å²) < 4.78 is 1.35. The van der Waals surface area contributed by atoms with Crippen LogP contribution in [-0.2, 0) is 16.1 Å². The predicted molar refractivity (Wildman–Crippen MR) is 129 cm³/mol. The van der Waals surface area contributed by atoms with E-state index in [9.17, 15) is 14.7 Å². The van der Waals surface area contributed by atoms with Gasteiger partial charge < -0.3 is 20.8 Å². The number of carbonyl (C=O) groups is 2. The molecule has 0 aliphatic rings. The molecule has 0 aromatic carbocycles. The number of unbranched alkanes of at least 4 members (excludes halogenated alkanes) is 7. The van der Waals surface area contributed by atoms with Gasteiger partial charge in [-0.3, -0.25) is 9.59 Å². The topological polar surface area (TPSA) is 129 Å². The Balaban J connectivity index is 2.45. The van der Waals surface area contributed by atoms with Crippen LogP contribution in [-0.4, -0.2) is 67.3 Å². The molecule has 32 heavy (non-hydrogen) atoms. The Kier molecular flexibility index (Phi) is 15.8. The van der Waals surface area contributed by atoms with E-state index in [1.807, 2.05) is 0 Å². The van der Waals surface area contributed by atoms with E-state index < -0.39 is 12.1 Å². The first-order chi connectivity index (χ1) is 15.5. The molecule has 184 valence electrons. The zero-order chi connectivity index (χ0) is 23.6. The summed E-state index contributed by atoms with van der Waals surface area (Å²) >= 11 is 1.62. The van der Waals surface area contributed by atoms with Gasteiger partial charge in [0.15, 0.2) is 5.82 Å². The summed E-state index contributed by atoms with van der Waals surface area (Å²) in [6, 6.07) is -0.652. The van der Waals surface area contributed by atoms with Crippen LogP contribution in [0.15, 0.2) is 6.20 Å². The molecule has 0 bridgehead atoms. The highest BCUT2D eigenvalue weighted by Gasteiger charge is 2.22. The van der Waals surface area contributed by atoms with Crippen LogP contribution in [0.1, 0.15) is 78.1 Å². The van der Waals surface area contributed by atoms with Crippen molar-refractivity contribution in [2.45, 2.75) is 96.7 Å². The van der Waals surface area contributed by atoms with Gasteiger partial charge in [0.05, 0.1) is 25.5 Å². The van der Waals surface area contributed by atoms with E-state index in [0.29, 0.717) is 12.2 Å². The molecule has 4 N–H and O–H groups in total. The minimum absolute atomic E-state index is 0.0739. The van der Waals surface area contributed by atoms with Crippen molar-refractivity contribution in [1.82, 2.24) is 20.3 Å². The first-order valence-corrected chi connectivity index (χ1v) is 13.0. The number of carbonyl (C=O) groups excluding carboxylic acids is 2. The fourth-order valence-electron chi connectivity index (χ4n) is 3.15. The maximum Gasteiger partial charge on any atom is 0.249 e. The van der Waals surface area contributed by atoms with E-state index in [4.69, 9.17) is 5.11 Å². The number of amides is 2. The zero-order valence-electron chi connectivity index (χ0n) is 19.6. The van der Waals surface area contributed by atoms with Gasteiger partial charge in [-0.15, -0.1) is 5.10 Å². The fourth-order valence-corrected chi connectivity index (χ4v) is 4.07. The third kappa shape index (κ3) is 13.0. The van der Waals surface area contributed by atoms with Crippen molar-refractivity contribution in [3.8, 4) is 0 Å². The van der Waals surface area contributed by atoms with Gasteiger partial charge >= 0.3 is 0 Å². The molecule has 0 spiro atoms. The van der Waals surface area contributed by atoms with Crippen LogP contribution in [0, 0.1) is 0 Å². The van der Waals surface area contributed by atoms with Crippen LogP contribution in [0.4, 0.5) is 5.82 Å². The van der Waals surface area contributed by atoms with E-state index in [0.717, 1.165) is 31.4 Å². The number of nitrogens with one attached hydrogen (secondary N) is 2. The lowest BCUT2D eigenvalue weighted by molar-refractivity contribution is -0.126. The second-order valence-corrected chi connectivity index (χ2v) is 9.22. The van der Waals surface area contributed by atoms with Crippen molar-refractivity contribution in [3.63, 3.8) is 0 Å². The summed E-state index contributed by atoms with van der Waals surface area (Å²) in [6.45, 7) is 3.97. The molecule has 0 saturated carbocycles. The standard InChI is InChI=1S/C22H41N5O4S/c1-3-5-6-7-8-9-10-11-12-21(30)23-19(17-32-13-4-2)22(31)24-20-15-27(26-25-20)14-18(29)16-28/h15,18-19,28-29H,3-14,16-17H2,1-2H3,(H,23,30)(H,24,31)/t18-,19-/m1/s1. The van der Waals surface area contributed by atoms with Gasteiger partial charge in [-0.25, -0.2) is 4.68 Å². The number of rotatable bonds is 19. The second kappa shape index (κ2) is 17.9. The number of nitrogens with zero attached hydrogens (tertiary/aromatic N) is 3. The van der Waals surface area contributed by atoms with Crippen molar-refractivity contribution < 1.29 is 19.8 Å². The summed E-state index contributed by atoms with van der Waals surface area (Å²) in [7, 11) is 0. The Labute approximate surface area is 196 Å². The van der Waals surface area contributed by atoms with E-state index >= 15 is 0 Å². The maximum absolute atomic E-state index is 12.7. The average Bonchev–Trinajstić information content (AvgIpc) is 3.21. The van der Waals surface area contributed by atoms with E-state index in [1.54, 1.807) is 11.8 Å². The molecular weight excluding hydrogens is 430 g/mol. The summed E-state index contributed by atoms with van der Waals surface area (Å²) in [5.74, 6) is 1.19. The van der Waals surface area contributed by atoms with Crippen LogP contribution in [0.2, 0.25) is 0 Å². The smallest absolute Gasteiger partial charge is 0.249 e. The first-order valence-electron chi connectivity index (χ1n) is 11.9. The number of aliphatic hydroxyl groups is 2. The predicted octanol–water partition coefficient (Wildman–Crippen LogP) is 2.73. The third-order valence-electron chi connectivity index (χ3n) is 4.94. The Morgan fingerprint density at radius 1 is 1.09 bits per heavy atom. The Hall–Kier alpha value is -1.65. The van der Waals surface area contributed by atoms with Crippen LogP contribution < -0.4 is 10.6 Å². The molecule has 0 radical (unpaired) electrons. The number of aromatic nitrogens is 3. The molecule has 1 aromatic rings. The van der Waals surface area contributed by atoms with Crippen molar-refractivity contribution >= 4 is 29.4 Å². The number of thioether (sulfide) groups is 1. The normalized spacial score (nSPS) is 13.0. The molecule has 9 nitrogen and oxygen atoms in total. The molecule has 2 amide bonds. The second-order valence-electron chi connectivity index (χ2n) is 8.07. The highest BCUT2D eigenvalue weighted by molar-refractivity contribution is 7.99. The third-order valence-corrected chi connectivity index (χ3v) is 6.21. The Morgan fingerprint density at radius 2 is 1.78 bits per heavy atom. The van der Waals surface area contributed by atoms with Gasteiger partial charge in [0, 0.05) is 12.2 Å². The van der Waals surface area contributed by atoms with Gasteiger partial charge in [0.25, 0.3) is 0 Å². The molecular formula is C22H41N5O4S. The van der Waals surface area contributed by atoms with Crippen LogP contribution in [0.25, 0.3) is 0 Å². The van der Waals surface area contributed by atoms with Crippen molar-refractivity contribution in [2.24, 2.45) is 0 Å². The molecule has 0 aliphatic heterocycles. The quantitative estimate of drug-likeness (QED) is 0.228. The number of aliphatic hydroxyl groups excluding tert-OH is 2. The number of hydrogen-bond acceptors (Lipinski definition) is 7. The summed E-state index contributed by atoms with van der Waals surface area (Å²) in [5, 5.41) is 31.6. The molecule has 10 heteroatoms. The maximum atomic E-state index is 12.7. The van der Waals surface area contributed by atoms with Gasteiger partial charge in [-0.1, -0.05) is 64.0 Å². The number of hydrogen-bond donors (Lipinski definition) is 4. The molecule has 0 aliphatic carbocycles. The highest BCUT2D eigenvalue weighted by Crippen LogP contribution is 2.11. The average molecular weight is 472 g/mol. The number of anilines is 1. The summed E-state index contributed by atoms with van der Waals surface area (Å²) in [4.78, 5) is 25.1. The van der Waals surface area contributed by atoms with Gasteiger partial charge in [0.2, 0.25) is 11.8 Å². The Morgan fingerprint density at radius 3 is 2.44 bits per heavy atom. The van der Waals surface area contributed by atoms with Gasteiger partial charge in [-0.05, 0) is 18.6 Å². The van der Waals surface area contributed by atoms with Crippen LogP contribution >= 0.6 is 11.8 Å². The van der Waals surface area contributed by atoms with Crippen LogP contribution in [0.3, 0.4) is 0 Å². The van der Waals surface area contributed by atoms with E-state index in [-0.39, 0.29) is 30.8 Å². The van der Waals surface area contributed by atoms with E-state index in [2.05, 4.69) is 34.8 Å². The SMILES string of the molecule is CCCCCCCCCCC(=O)N[C@H](CSCCC)C(=O)Nc1cn(C[C@@H](O)CO)nn1. The van der Waals surface area contributed by atoms with Crippen molar-refractivity contribution in [3.05, 3.63) is 6.20 Å². The summed E-state index contributed by atoms with van der Waals surface area (Å²) in [5.41, 5.74) is 0. The van der Waals surface area contributed by atoms with Crippen LogP contribution in [0.5, 0.6) is 0 Å². The van der Waals surface area contributed by atoms with E-state index in [1.165, 1.54) is 43.0 Å². The lowest BCUT2D eigenvalue weighted by Crippen LogP contribution is -2.45. The van der Waals surface area contributed by atoms with Crippen molar-refractivity contribution in [1.29, 1.82) is 0 Å². The highest BCUT2D eigenvalue weighted by atomic mass is 32.2. The minimum atomic E-state index is -0.950. The summed E-state index contributed by atoms with van der Waals surface area (Å²) in [6.07, 6.45) is 11.3. The first kappa shape index (κ1) is 28.4. The lowest BCUT2D eigenvalue weighted by atomic mass is 10.1. The zero-order valence-corrected chi connectivity index (χ0v) is 20.4. The molecule has 2 atom stereocenters. The molecule has 0 fully saturated rings. The fraction of sp³-hybridized carbons (Fsp3) is 0.818. The largest absolute Gasteiger partial charge is 0.394 e. The lowest BCUT2D eigenvalue weighted by Gasteiger charge is -2.17. The van der Waals surface area contributed by atoms with Gasteiger partial charge in [-0.2, -0.15) is 11.8 Å². The molecule has 1 aromatic heterocycles. The van der Waals surface area contributed by atoms with Gasteiger partial charge in [0.1, 0.15) is 6.04 Å². The molecule has 0 saturated heterocycles. The molecule has 0 unspecified atom stereocenters. The molecule has 1 rings (SSSR count).